The largest absolute Gasteiger partial charge is 0.392 e. The van der Waals surface area contributed by atoms with Crippen LogP contribution in [0, 0.1) is 18.8 Å². The summed E-state index contributed by atoms with van der Waals surface area (Å²) in [5, 5.41) is 3.29. The van der Waals surface area contributed by atoms with Crippen molar-refractivity contribution < 1.29 is 0 Å². The first-order chi connectivity index (χ1) is 17.9. The highest BCUT2D eigenvalue weighted by molar-refractivity contribution is 5.80. The molecule has 6 N–H and O–H groups in total. The number of allylic oxidation sites excluding steroid dienone is 3. The normalized spacial score (nSPS) is 17.9. The summed E-state index contributed by atoms with van der Waals surface area (Å²) >= 11 is 0. The molecule has 1 aliphatic carbocycles. The van der Waals surface area contributed by atoms with Crippen LogP contribution in [0.25, 0.3) is 22.4 Å². The van der Waals surface area contributed by atoms with Crippen LogP contribution in [0.5, 0.6) is 0 Å². The SMILES string of the molecule is Cc1ccc(-c2nc3ccc(CN4CCN(C)CC4)cc3[nH]2)cc1C#C/C(N)=C/C=C(\N)NC1CCC1. The van der Waals surface area contributed by atoms with Crippen molar-refractivity contribution in [1.82, 2.24) is 25.1 Å². The second-order valence-corrected chi connectivity index (χ2v) is 10.3. The standard InChI is InChI=1S/C30H37N7/c1-21-6-8-24(19-23(21)9-10-25(31)11-13-29(32)33-26-4-3-5-26)30-34-27-12-7-22(18-28(27)35-30)20-37-16-14-36(2)15-17-37/h6-8,11-13,18-19,26,33H,3-5,14-17,20,31-32H2,1-2H3,(H,34,35)/b25-11-,29-13+. The molecular formula is C30H37N7. The first-order valence-electron chi connectivity index (χ1n) is 13.1. The van der Waals surface area contributed by atoms with E-state index in [4.69, 9.17) is 16.5 Å². The molecule has 5 rings (SSSR count). The van der Waals surface area contributed by atoms with Gasteiger partial charge in [-0.15, -0.1) is 0 Å². The molecule has 3 aromatic rings. The van der Waals surface area contributed by atoms with Gasteiger partial charge >= 0.3 is 0 Å². The van der Waals surface area contributed by atoms with Gasteiger partial charge in [0.2, 0.25) is 0 Å². The Hall–Kier alpha value is -3.73. The summed E-state index contributed by atoms with van der Waals surface area (Å²) in [6, 6.07) is 13.2. The van der Waals surface area contributed by atoms with E-state index in [1.165, 1.54) is 24.8 Å². The fraction of sp³-hybridized carbons (Fsp3) is 0.367. The minimum atomic E-state index is 0.472. The summed E-state index contributed by atoms with van der Waals surface area (Å²) in [7, 11) is 2.19. The van der Waals surface area contributed by atoms with Crippen LogP contribution >= 0.6 is 0 Å². The number of nitrogens with two attached hydrogens (primary N) is 2. The molecule has 37 heavy (non-hydrogen) atoms. The van der Waals surface area contributed by atoms with E-state index in [9.17, 15) is 0 Å². The Bertz CT molecular complexity index is 1380. The van der Waals surface area contributed by atoms with Crippen LogP contribution in [0.1, 0.15) is 36.0 Å². The molecule has 0 amide bonds. The zero-order chi connectivity index (χ0) is 25.8. The number of nitrogens with one attached hydrogen (secondary N) is 2. The molecule has 1 aromatic heterocycles. The fourth-order valence-electron chi connectivity index (χ4n) is 4.66. The van der Waals surface area contributed by atoms with Crippen molar-refractivity contribution in [2.45, 2.75) is 38.8 Å². The summed E-state index contributed by atoms with van der Waals surface area (Å²) in [6.45, 7) is 7.48. The summed E-state index contributed by atoms with van der Waals surface area (Å²) in [5.41, 5.74) is 19.0. The third-order valence-corrected chi connectivity index (χ3v) is 7.32. The molecule has 2 aliphatic rings. The van der Waals surface area contributed by atoms with E-state index in [2.05, 4.69) is 82.3 Å². The number of fused-ring (bicyclic) bond motifs is 1. The molecule has 2 fully saturated rings. The Kier molecular flexibility index (Phi) is 7.50. The van der Waals surface area contributed by atoms with Gasteiger partial charge in [-0.2, -0.15) is 0 Å². The maximum absolute atomic E-state index is 6.12. The van der Waals surface area contributed by atoms with E-state index in [0.717, 1.165) is 66.3 Å². The van der Waals surface area contributed by atoms with Crippen LogP contribution in [0.4, 0.5) is 0 Å². The zero-order valence-corrected chi connectivity index (χ0v) is 21.8. The maximum atomic E-state index is 6.12. The summed E-state index contributed by atoms with van der Waals surface area (Å²) < 4.78 is 0. The molecule has 0 atom stereocenters. The van der Waals surface area contributed by atoms with E-state index < -0.39 is 0 Å². The van der Waals surface area contributed by atoms with Crippen LogP contribution in [-0.4, -0.2) is 59.0 Å². The summed E-state index contributed by atoms with van der Waals surface area (Å²) in [6.07, 6.45) is 7.15. The molecule has 192 valence electrons. The van der Waals surface area contributed by atoms with Gasteiger partial charge in [-0.25, -0.2) is 4.98 Å². The van der Waals surface area contributed by atoms with Crippen LogP contribution in [0.2, 0.25) is 0 Å². The van der Waals surface area contributed by atoms with Crippen LogP contribution in [0.3, 0.4) is 0 Å². The summed E-state index contributed by atoms with van der Waals surface area (Å²) in [5.74, 6) is 7.74. The van der Waals surface area contributed by atoms with Gasteiger partial charge in [-0.3, -0.25) is 4.90 Å². The first kappa shape index (κ1) is 24.9. The third-order valence-electron chi connectivity index (χ3n) is 7.32. The molecule has 0 unspecified atom stereocenters. The third kappa shape index (κ3) is 6.34. The number of hydrogen-bond donors (Lipinski definition) is 4. The topological polar surface area (TPSA) is 99.2 Å². The van der Waals surface area contributed by atoms with Crippen molar-refractivity contribution in [3.8, 4) is 23.2 Å². The van der Waals surface area contributed by atoms with Gasteiger partial charge in [0, 0.05) is 49.9 Å². The van der Waals surface area contributed by atoms with Gasteiger partial charge in [-0.05, 0) is 80.6 Å². The molecule has 7 nitrogen and oxygen atoms in total. The van der Waals surface area contributed by atoms with Gasteiger partial charge in [0.05, 0.1) is 22.6 Å². The molecule has 0 radical (unpaired) electrons. The number of benzene rings is 2. The lowest BCUT2D eigenvalue weighted by Gasteiger charge is -2.32. The second-order valence-electron chi connectivity index (χ2n) is 10.3. The Morgan fingerprint density at radius 3 is 2.68 bits per heavy atom. The quantitative estimate of drug-likeness (QED) is 0.309. The highest BCUT2D eigenvalue weighted by atomic mass is 15.2. The first-order valence-corrected chi connectivity index (χ1v) is 13.1. The van der Waals surface area contributed by atoms with Gasteiger partial charge in [0.25, 0.3) is 0 Å². The average molecular weight is 496 g/mol. The molecule has 7 heteroatoms. The number of aryl methyl sites for hydroxylation is 1. The molecule has 0 spiro atoms. The van der Waals surface area contributed by atoms with Crippen molar-refractivity contribution in [2.24, 2.45) is 11.5 Å². The lowest BCUT2D eigenvalue weighted by molar-refractivity contribution is 0.148. The Morgan fingerprint density at radius 1 is 1.11 bits per heavy atom. The number of aromatic nitrogens is 2. The predicted molar refractivity (Wildman–Crippen MR) is 151 cm³/mol. The van der Waals surface area contributed by atoms with Crippen LogP contribution in [0.15, 0.2) is 60.1 Å². The highest BCUT2D eigenvalue weighted by Gasteiger charge is 2.16. The molecule has 2 aromatic carbocycles. The highest BCUT2D eigenvalue weighted by Crippen LogP contribution is 2.24. The Morgan fingerprint density at radius 2 is 1.92 bits per heavy atom. The van der Waals surface area contributed by atoms with Gasteiger partial charge in [0.15, 0.2) is 0 Å². The molecule has 0 bridgehead atoms. The molecule has 1 saturated heterocycles. The number of piperazine rings is 1. The van der Waals surface area contributed by atoms with Gasteiger partial charge in [0.1, 0.15) is 5.82 Å². The van der Waals surface area contributed by atoms with Gasteiger partial charge in [-0.1, -0.05) is 24.1 Å². The number of H-pyrrole nitrogens is 1. The number of likely N-dealkylation sites (N-methyl/N-ethyl adjacent to an activating group) is 1. The summed E-state index contributed by atoms with van der Waals surface area (Å²) in [4.78, 5) is 13.3. The predicted octanol–water partition coefficient (Wildman–Crippen LogP) is 3.42. The van der Waals surface area contributed by atoms with E-state index in [0.29, 0.717) is 17.6 Å². The Balaban J connectivity index is 1.30. The monoisotopic (exact) mass is 495 g/mol. The number of hydrogen-bond acceptors (Lipinski definition) is 6. The van der Waals surface area contributed by atoms with Crippen LogP contribution in [-0.2, 0) is 6.54 Å². The molecule has 1 saturated carbocycles. The fourth-order valence-corrected chi connectivity index (χ4v) is 4.66. The van der Waals surface area contributed by atoms with Crippen molar-refractivity contribution in [1.29, 1.82) is 0 Å². The van der Waals surface area contributed by atoms with Crippen molar-refractivity contribution in [3.63, 3.8) is 0 Å². The Labute approximate surface area is 219 Å². The van der Waals surface area contributed by atoms with Crippen molar-refractivity contribution in [2.75, 3.05) is 33.2 Å². The lowest BCUT2D eigenvalue weighted by Crippen LogP contribution is -2.43. The minimum Gasteiger partial charge on any atom is -0.392 e. The zero-order valence-electron chi connectivity index (χ0n) is 21.8. The number of rotatable bonds is 6. The van der Waals surface area contributed by atoms with Crippen molar-refractivity contribution in [3.05, 3.63) is 76.8 Å². The van der Waals surface area contributed by atoms with Gasteiger partial charge < -0.3 is 26.7 Å². The van der Waals surface area contributed by atoms with Crippen LogP contribution < -0.4 is 16.8 Å². The molecule has 1 aliphatic heterocycles. The van der Waals surface area contributed by atoms with E-state index in [-0.39, 0.29) is 0 Å². The maximum Gasteiger partial charge on any atom is 0.138 e. The molecule has 2 heterocycles. The second kappa shape index (κ2) is 11.1. The van der Waals surface area contributed by atoms with E-state index >= 15 is 0 Å². The van der Waals surface area contributed by atoms with Crippen molar-refractivity contribution >= 4 is 11.0 Å². The number of aromatic amines is 1. The van der Waals surface area contributed by atoms with E-state index in [1.807, 2.05) is 0 Å². The minimum absolute atomic E-state index is 0.472. The smallest absolute Gasteiger partial charge is 0.138 e. The van der Waals surface area contributed by atoms with E-state index in [1.54, 1.807) is 12.2 Å². The number of imidazole rings is 1. The molecular weight excluding hydrogens is 458 g/mol. The number of nitrogens with zero attached hydrogens (tertiary/aromatic N) is 3. The average Bonchev–Trinajstić information content (AvgIpc) is 3.29. The lowest BCUT2D eigenvalue weighted by atomic mass is 9.93.